The van der Waals surface area contributed by atoms with Crippen molar-refractivity contribution >= 4 is 17.4 Å². The number of Topliss-reactive ketones (excluding diaryl/α,β-unsaturated/α-hetero) is 1. The van der Waals surface area contributed by atoms with E-state index in [0.29, 0.717) is 11.4 Å². The quantitative estimate of drug-likeness (QED) is 0.680. The summed E-state index contributed by atoms with van der Waals surface area (Å²) >= 11 is 6.04. The van der Waals surface area contributed by atoms with Gasteiger partial charge in [-0.15, -0.1) is 0 Å². The third kappa shape index (κ3) is 1.77. The molecule has 2 rings (SSSR count). The van der Waals surface area contributed by atoms with Gasteiger partial charge in [0.25, 0.3) is 0 Å². The number of halogens is 1. The van der Waals surface area contributed by atoms with Crippen molar-refractivity contribution in [1.29, 1.82) is 0 Å². The maximum Gasteiger partial charge on any atom is 0.191 e. The number of carbonyl (C=O) groups excluding carboxylic acids is 1. The van der Waals surface area contributed by atoms with E-state index < -0.39 is 0 Å². The lowest BCUT2D eigenvalue weighted by Gasteiger charge is -2.05. The molecule has 0 heterocycles. The summed E-state index contributed by atoms with van der Waals surface area (Å²) in [4.78, 5) is 13.8. The van der Waals surface area contributed by atoms with Gasteiger partial charge in [-0.05, 0) is 11.6 Å². The fraction of sp³-hybridized carbons (Fsp3) is 0.250. The predicted molar refractivity (Wildman–Crippen MR) is 61.3 cm³/mol. The number of allylic oxidation sites excluding steroid dienone is 1. The van der Waals surface area contributed by atoms with Crippen LogP contribution < -0.4 is 0 Å². The van der Waals surface area contributed by atoms with Crippen molar-refractivity contribution in [2.75, 3.05) is 14.1 Å². The minimum absolute atomic E-state index is 0.0983. The minimum atomic E-state index is 0.0983. The van der Waals surface area contributed by atoms with Gasteiger partial charge < -0.3 is 4.90 Å². The number of benzene rings is 1. The van der Waals surface area contributed by atoms with Crippen LogP contribution >= 0.6 is 11.6 Å². The monoisotopic (exact) mass is 221 g/mol. The Labute approximate surface area is 94.2 Å². The highest BCUT2D eigenvalue weighted by Gasteiger charge is 2.26. The van der Waals surface area contributed by atoms with Crippen LogP contribution in [0.25, 0.3) is 0 Å². The Bertz CT molecular complexity index is 449. The number of hydrogen-bond acceptors (Lipinski definition) is 2. The second-order valence-electron chi connectivity index (χ2n) is 3.89. The highest BCUT2D eigenvalue weighted by molar-refractivity contribution is 6.32. The van der Waals surface area contributed by atoms with Crippen molar-refractivity contribution in [1.82, 2.24) is 4.90 Å². The summed E-state index contributed by atoms with van der Waals surface area (Å²) in [7, 11) is 3.82. The van der Waals surface area contributed by atoms with E-state index in [1.165, 1.54) is 0 Å². The number of nitrogens with zero attached hydrogens (tertiary/aromatic N) is 1. The molecule has 1 aliphatic rings. The summed E-state index contributed by atoms with van der Waals surface area (Å²) in [6.07, 6.45) is 2.50. The van der Waals surface area contributed by atoms with Gasteiger partial charge >= 0.3 is 0 Å². The minimum Gasteiger partial charge on any atom is -0.383 e. The Kier molecular flexibility index (Phi) is 2.53. The zero-order valence-corrected chi connectivity index (χ0v) is 9.51. The number of ketones is 1. The molecule has 0 saturated carbocycles. The van der Waals surface area contributed by atoms with Gasteiger partial charge in [0, 0.05) is 42.9 Å². The van der Waals surface area contributed by atoms with Crippen LogP contribution in [0.1, 0.15) is 15.9 Å². The van der Waals surface area contributed by atoms with Gasteiger partial charge in [0.1, 0.15) is 0 Å². The molecular weight excluding hydrogens is 210 g/mol. The molecule has 0 spiro atoms. The van der Waals surface area contributed by atoms with Crippen molar-refractivity contribution in [3.63, 3.8) is 0 Å². The van der Waals surface area contributed by atoms with E-state index in [9.17, 15) is 4.79 Å². The van der Waals surface area contributed by atoms with E-state index in [0.717, 1.165) is 16.7 Å². The van der Waals surface area contributed by atoms with Gasteiger partial charge in [-0.1, -0.05) is 23.7 Å². The van der Waals surface area contributed by atoms with Gasteiger partial charge in [-0.2, -0.15) is 0 Å². The molecular formula is C12H12ClNO. The Hall–Kier alpha value is -1.28. The summed E-state index contributed by atoms with van der Waals surface area (Å²) in [5.41, 5.74) is 2.51. The largest absolute Gasteiger partial charge is 0.383 e. The summed E-state index contributed by atoms with van der Waals surface area (Å²) < 4.78 is 0. The molecule has 0 atom stereocenters. The Morgan fingerprint density at radius 3 is 2.73 bits per heavy atom. The molecule has 1 aliphatic carbocycles. The van der Waals surface area contributed by atoms with Gasteiger partial charge in [0.05, 0.1) is 0 Å². The Morgan fingerprint density at radius 1 is 1.40 bits per heavy atom. The van der Waals surface area contributed by atoms with Crippen LogP contribution in [0.4, 0.5) is 0 Å². The fourth-order valence-electron chi connectivity index (χ4n) is 1.81. The maximum absolute atomic E-state index is 11.9. The lowest BCUT2D eigenvalue weighted by molar-refractivity contribution is 0.103. The SMILES string of the molecule is CN(C)/C=C1/Cc2c(Cl)cccc2C1=O. The van der Waals surface area contributed by atoms with Crippen molar-refractivity contribution in [2.45, 2.75) is 6.42 Å². The first kappa shape index (κ1) is 10.2. The van der Waals surface area contributed by atoms with E-state index in [2.05, 4.69) is 0 Å². The van der Waals surface area contributed by atoms with Crippen LogP contribution in [-0.4, -0.2) is 24.8 Å². The standard InChI is InChI=1S/C12H12ClNO/c1-14(2)7-8-6-10-9(12(8)15)4-3-5-11(10)13/h3-5,7H,6H2,1-2H3/b8-7-. The zero-order chi connectivity index (χ0) is 11.0. The molecule has 0 radical (unpaired) electrons. The molecule has 0 unspecified atom stereocenters. The molecule has 1 aromatic rings. The molecule has 78 valence electrons. The topological polar surface area (TPSA) is 20.3 Å². The van der Waals surface area contributed by atoms with Crippen LogP contribution in [0.3, 0.4) is 0 Å². The molecule has 0 amide bonds. The van der Waals surface area contributed by atoms with E-state index >= 15 is 0 Å². The first-order valence-electron chi connectivity index (χ1n) is 4.79. The number of rotatable bonds is 1. The molecule has 0 bridgehead atoms. The Morgan fingerprint density at radius 2 is 2.13 bits per heavy atom. The number of hydrogen-bond donors (Lipinski definition) is 0. The molecule has 1 aromatic carbocycles. The first-order chi connectivity index (χ1) is 7.09. The molecule has 2 nitrogen and oxygen atoms in total. The molecule has 0 saturated heterocycles. The first-order valence-corrected chi connectivity index (χ1v) is 5.16. The molecule has 0 fully saturated rings. The number of fused-ring (bicyclic) bond motifs is 1. The van der Waals surface area contributed by atoms with Gasteiger partial charge in [0.2, 0.25) is 0 Å². The second kappa shape index (κ2) is 3.70. The molecule has 0 aliphatic heterocycles. The maximum atomic E-state index is 11.9. The average molecular weight is 222 g/mol. The highest BCUT2D eigenvalue weighted by Crippen LogP contribution is 2.31. The van der Waals surface area contributed by atoms with Crippen molar-refractivity contribution in [3.05, 3.63) is 46.1 Å². The summed E-state index contributed by atoms with van der Waals surface area (Å²) in [5, 5.41) is 0.683. The third-order valence-electron chi connectivity index (χ3n) is 2.44. The van der Waals surface area contributed by atoms with Crippen LogP contribution in [0, 0.1) is 0 Å². The van der Waals surface area contributed by atoms with E-state index in [1.54, 1.807) is 0 Å². The van der Waals surface area contributed by atoms with Crippen LogP contribution in [0.2, 0.25) is 5.02 Å². The van der Waals surface area contributed by atoms with Crippen LogP contribution in [0.15, 0.2) is 30.0 Å². The van der Waals surface area contributed by atoms with Crippen molar-refractivity contribution < 1.29 is 4.79 Å². The smallest absolute Gasteiger partial charge is 0.191 e. The van der Waals surface area contributed by atoms with Gasteiger partial charge in [0.15, 0.2) is 5.78 Å². The molecule has 3 heteroatoms. The fourth-order valence-corrected chi connectivity index (χ4v) is 2.05. The normalized spacial score (nSPS) is 17.0. The predicted octanol–water partition coefficient (Wildman–Crippen LogP) is 2.52. The number of carbonyl (C=O) groups is 1. The average Bonchev–Trinajstić information content (AvgIpc) is 2.46. The lowest BCUT2D eigenvalue weighted by Crippen LogP contribution is -2.06. The summed E-state index contributed by atoms with van der Waals surface area (Å²) in [6.45, 7) is 0. The zero-order valence-electron chi connectivity index (χ0n) is 8.75. The summed E-state index contributed by atoms with van der Waals surface area (Å²) in [5.74, 6) is 0.0983. The van der Waals surface area contributed by atoms with E-state index in [-0.39, 0.29) is 5.78 Å². The van der Waals surface area contributed by atoms with Crippen LogP contribution in [0.5, 0.6) is 0 Å². The van der Waals surface area contributed by atoms with E-state index in [4.69, 9.17) is 11.6 Å². The van der Waals surface area contributed by atoms with Gasteiger partial charge in [-0.25, -0.2) is 0 Å². The van der Waals surface area contributed by atoms with E-state index in [1.807, 2.05) is 43.4 Å². The second-order valence-corrected chi connectivity index (χ2v) is 4.30. The molecule has 15 heavy (non-hydrogen) atoms. The summed E-state index contributed by atoms with van der Waals surface area (Å²) in [6, 6.07) is 5.48. The molecule has 0 aromatic heterocycles. The third-order valence-corrected chi connectivity index (χ3v) is 2.79. The van der Waals surface area contributed by atoms with Crippen LogP contribution in [-0.2, 0) is 6.42 Å². The lowest BCUT2D eigenvalue weighted by atomic mass is 10.1. The van der Waals surface area contributed by atoms with Gasteiger partial charge in [-0.3, -0.25) is 4.79 Å². The van der Waals surface area contributed by atoms with Crippen molar-refractivity contribution in [2.24, 2.45) is 0 Å². The Balaban J connectivity index is 2.46. The highest BCUT2D eigenvalue weighted by atomic mass is 35.5. The molecule has 0 N–H and O–H groups in total. The van der Waals surface area contributed by atoms with Crippen molar-refractivity contribution in [3.8, 4) is 0 Å².